The molecule has 0 bridgehead atoms. The standard InChI is InChI=1S/C26H28N4O3/c1-3-32-24-14-19(15-27-16-25-29-21-6-4-5-7-22(21)30-25)10-13-23(24)33-17-26(31)28-20-11-8-18(2)9-12-20/h4-14,27H,3,15-17H2,1-2H3,(H,28,31)(H,29,30). The van der Waals surface area contributed by atoms with E-state index in [9.17, 15) is 4.79 Å². The van der Waals surface area contributed by atoms with Crippen LogP contribution in [0, 0.1) is 6.92 Å². The highest BCUT2D eigenvalue weighted by atomic mass is 16.5. The topological polar surface area (TPSA) is 88.3 Å². The van der Waals surface area contributed by atoms with Crippen molar-refractivity contribution < 1.29 is 14.3 Å². The molecule has 0 spiro atoms. The molecule has 33 heavy (non-hydrogen) atoms. The third-order valence-electron chi connectivity index (χ3n) is 5.06. The highest BCUT2D eigenvalue weighted by Gasteiger charge is 2.10. The van der Waals surface area contributed by atoms with Crippen molar-refractivity contribution in [2.45, 2.75) is 26.9 Å². The average molecular weight is 445 g/mol. The number of anilines is 1. The minimum Gasteiger partial charge on any atom is -0.490 e. The van der Waals surface area contributed by atoms with Gasteiger partial charge in [0.25, 0.3) is 5.91 Å². The Hall–Kier alpha value is -3.84. The molecule has 7 heteroatoms. The molecule has 4 rings (SSSR count). The first-order valence-corrected chi connectivity index (χ1v) is 11.0. The number of fused-ring (bicyclic) bond motifs is 1. The molecule has 0 fully saturated rings. The van der Waals surface area contributed by atoms with Gasteiger partial charge in [0, 0.05) is 12.2 Å². The summed E-state index contributed by atoms with van der Waals surface area (Å²) in [5, 5.41) is 6.23. The van der Waals surface area contributed by atoms with E-state index in [-0.39, 0.29) is 12.5 Å². The van der Waals surface area contributed by atoms with E-state index in [0.29, 0.717) is 31.2 Å². The molecule has 1 aromatic heterocycles. The highest BCUT2D eigenvalue weighted by molar-refractivity contribution is 5.91. The number of para-hydroxylation sites is 2. The highest BCUT2D eigenvalue weighted by Crippen LogP contribution is 2.28. The van der Waals surface area contributed by atoms with Crippen molar-refractivity contribution in [3.8, 4) is 11.5 Å². The predicted molar refractivity (Wildman–Crippen MR) is 130 cm³/mol. The van der Waals surface area contributed by atoms with E-state index in [0.717, 1.165) is 33.7 Å². The number of aryl methyl sites for hydroxylation is 1. The lowest BCUT2D eigenvalue weighted by Gasteiger charge is -2.14. The van der Waals surface area contributed by atoms with Gasteiger partial charge in [-0.15, -0.1) is 0 Å². The molecule has 0 aliphatic carbocycles. The maximum atomic E-state index is 12.3. The van der Waals surface area contributed by atoms with Crippen LogP contribution in [0.3, 0.4) is 0 Å². The molecule has 0 aliphatic heterocycles. The molecule has 0 aliphatic rings. The van der Waals surface area contributed by atoms with Gasteiger partial charge in [-0.3, -0.25) is 4.79 Å². The lowest BCUT2D eigenvalue weighted by molar-refractivity contribution is -0.118. The second kappa shape index (κ2) is 10.7. The second-order valence-electron chi connectivity index (χ2n) is 7.72. The lowest BCUT2D eigenvalue weighted by atomic mass is 10.2. The van der Waals surface area contributed by atoms with Crippen LogP contribution in [0.25, 0.3) is 11.0 Å². The summed E-state index contributed by atoms with van der Waals surface area (Å²) >= 11 is 0. The van der Waals surface area contributed by atoms with Gasteiger partial charge in [-0.2, -0.15) is 0 Å². The summed E-state index contributed by atoms with van der Waals surface area (Å²) in [6.45, 7) is 5.59. The zero-order chi connectivity index (χ0) is 23.0. The molecule has 3 N–H and O–H groups in total. The van der Waals surface area contributed by atoms with E-state index in [1.807, 2.05) is 80.6 Å². The van der Waals surface area contributed by atoms with Gasteiger partial charge in [0.15, 0.2) is 18.1 Å². The number of nitrogens with one attached hydrogen (secondary N) is 3. The van der Waals surface area contributed by atoms with E-state index in [1.165, 1.54) is 0 Å². The molecule has 0 saturated carbocycles. The first kappa shape index (κ1) is 22.4. The van der Waals surface area contributed by atoms with Crippen molar-refractivity contribution in [3.63, 3.8) is 0 Å². The van der Waals surface area contributed by atoms with Crippen molar-refractivity contribution in [2.75, 3.05) is 18.5 Å². The van der Waals surface area contributed by atoms with Crippen LogP contribution in [0.2, 0.25) is 0 Å². The Bertz CT molecular complexity index is 1180. The van der Waals surface area contributed by atoms with Crippen LogP contribution < -0.4 is 20.1 Å². The molecule has 1 heterocycles. The van der Waals surface area contributed by atoms with Gasteiger partial charge in [0.1, 0.15) is 5.82 Å². The number of hydrogen-bond acceptors (Lipinski definition) is 5. The van der Waals surface area contributed by atoms with Crippen molar-refractivity contribution >= 4 is 22.6 Å². The number of H-pyrrole nitrogens is 1. The van der Waals surface area contributed by atoms with Gasteiger partial charge in [-0.25, -0.2) is 4.98 Å². The van der Waals surface area contributed by atoms with Crippen molar-refractivity contribution in [2.24, 2.45) is 0 Å². The van der Waals surface area contributed by atoms with Crippen LogP contribution in [0.15, 0.2) is 66.7 Å². The molecular formula is C26H28N4O3. The Morgan fingerprint density at radius 1 is 0.970 bits per heavy atom. The normalized spacial score (nSPS) is 10.8. The number of hydrogen-bond donors (Lipinski definition) is 3. The first-order valence-electron chi connectivity index (χ1n) is 11.0. The fourth-order valence-corrected chi connectivity index (χ4v) is 3.44. The van der Waals surface area contributed by atoms with Gasteiger partial charge >= 0.3 is 0 Å². The van der Waals surface area contributed by atoms with E-state index in [2.05, 4.69) is 20.6 Å². The number of rotatable bonds is 10. The van der Waals surface area contributed by atoms with E-state index in [1.54, 1.807) is 0 Å². The fourth-order valence-electron chi connectivity index (χ4n) is 3.44. The number of aromatic nitrogens is 2. The summed E-state index contributed by atoms with van der Waals surface area (Å²) in [6, 6.07) is 21.3. The van der Waals surface area contributed by atoms with Crippen LogP contribution >= 0.6 is 0 Å². The van der Waals surface area contributed by atoms with Crippen molar-refractivity contribution in [3.05, 3.63) is 83.7 Å². The Balaban J connectivity index is 1.32. The molecule has 1 amide bonds. The zero-order valence-electron chi connectivity index (χ0n) is 18.9. The summed E-state index contributed by atoms with van der Waals surface area (Å²) in [7, 11) is 0. The summed E-state index contributed by atoms with van der Waals surface area (Å²) in [5.41, 5.74) is 4.91. The average Bonchev–Trinajstić information content (AvgIpc) is 3.23. The first-order chi connectivity index (χ1) is 16.1. The van der Waals surface area contributed by atoms with Crippen LogP contribution in [0.1, 0.15) is 23.9 Å². The van der Waals surface area contributed by atoms with Crippen LogP contribution in [-0.2, 0) is 17.9 Å². The zero-order valence-corrected chi connectivity index (χ0v) is 18.9. The molecule has 3 aromatic carbocycles. The van der Waals surface area contributed by atoms with Gasteiger partial charge in [-0.05, 0) is 55.8 Å². The van der Waals surface area contributed by atoms with Crippen LogP contribution in [0.4, 0.5) is 5.69 Å². The molecule has 0 unspecified atom stereocenters. The summed E-state index contributed by atoms with van der Waals surface area (Å²) in [5.74, 6) is 1.82. The maximum absolute atomic E-state index is 12.3. The molecule has 4 aromatic rings. The number of benzene rings is 3. The van der Waals surface area contributed by atoms with Gasteiger partial charge in [0.2, 0.25) is 0 Å². The molecular weight excluding hydrogens is 416 g/mol. The third-order valence-corrected chi connectivity index (χ3v) is 5.06. The molecule has 0 atom stereocenters. The van der Waals surface area contributed by atoms with E-state index in [4.69, 9.17) is 9.47 Å². The smallest absolute Gasteiger partial charge is 0.262 e. The number of ether oxygens (including phenoxy) is 2. The van der Waals surface area contributed by atoms with Crippen LogP contribution in [0.5, 0.6) is 11.5 Å². The second-order valence-corrected chi connectivity index (χ2v) is 7.72. The van der Waals surface area contributed by atoms with E-state index < -0.39 is 0 Å². The molecule has 7 nitrogen and oxygen atoms in total. The fraction of sp³-hybridized carbons (Fsp3) is 0.231. The summed E-state index contributed by atoms with van der Waals surface area (Å²) in [4.78, 5) is 20.1. The minimum absolute atomic E-state index is 0.0996. The molecule has 0 radical (unpaired) electrons. The number of imidazole rings is 1. The molecule has 0 saturated heterocycles. The van der Waals surface area contributed by atoms with Crippen molar-refractivity contribution in [1.29, 1.82) is 0 Å². The number of carbonyl (C=O) groups excluding carboxylic acids is 1. The van der Waals surface area contributed by atoms with Gasteiger partial charge < -0.3 is 25.1 Å². The quantitative estimate of drug-likeness (QED) is 0.333. The summed E-state index contributed by atoms with van der Waals surface area (Å²) < 4.78 is 11.5. The van der Waals surface area contributed by atoms with Crippen molar-refractivity contribution in [1.82, 2.24) is 15.3 Å². The number of aromatic amines is 1. The number of nitrogens with zero attached hydrogens (tertiary/aromatic N) is 1. The Kier molecular flexibility index (Phi) is 7.22. The number of amides is 1. The third kappa shape index (κ3) is 6.11. The summed E-state index contributed by atoms with van der Waals surface area (Å²) in [6.07, 6.45) is 0. The Morgan fingerprint density at radius 2 is 1.79 bits per heavy atom. The Labute approximate surface area is 193 Å². The molecule has 170 valence electrons. The minimum atomic E-state index is -0.224. The predicted octanol–water partition coefficient (Wildman–Crippen LogP) is 4.58. The van der Waals surface area contributed by atoms with Gasteiger partial charge in [0.05, 0.1) is 24.2 Å². The monoisotopic (exact) mass is 444 g/mol. The van der Waals surface area contributed by atoms with E-state index >= 15 is 0 Å². The number of carbonyl (C=O) groups is 1. The maximum Gasteiger partial charge on any atom is 0.262 e. The van der Waals surface area contributed by atoms with Gasteiger partial charge in [-0.1, -0.05) is 35.9 Å². The SMILES string of the molecule is CCOc1cc(CNCc2nc3ccccc3[nH]2)ccc1OCC(=O)Nc1ccc(C)cc1. The Morgan fingerprint density at radius 3 is 2.58 bits per heavy atom. The lowest BCUT2D eigenvalue weighted by Crippen LogP contribution is -2.20. The van der Waals surface area contributed by atoms with Crippen LogP contribution in [-0.4, -0.2) is 29.1 Å². The largest absolute Gasteiger partial charge is 0.490 e.